The Kier molecular flexibility index (Phi) is 6.78. The summed E-state index contributed by atoms with van der Waals surface area (Å²) in [6, 6.07) is 16.5. The Balaban J connectivity index is 1.29. The topological polar surface area (TPSA) is 32.8 Å². The van der Waals surface area contributed by atoms with Crippen molar-refractivity contribution in [2.24, 2.45) is 0 Å². The summed E-state index contributed by atoms with van der Waals surface area (Å²) in [6.07, 6.45) is 6.61. The van der Waals surface area contributed by atoms with Crippen molar-refractivity contribution in [1.82, 2.24) is 9.80 Å². The van der Waals surface area contributed by atoms with E-state index in [1.54, 1.807) is 11.8 Å². The molecule has 2 fully saturated rings. The molecule has 154 valence electrons. The molecular weight excluding hydrogens is 380 g/mol. The minimum absolute atomic E-state index is 0.134. The molecule has 29 heavy (non-hydrogen) atoms. The van der Waals surface area contributed by atoms with Gasteiger partial charge in [-0.15, -0.1) is 11.8 Å². The van der Waals surface area contributed by atoms with E-state index in [1.165, 1.54) is 10.5 Å². The van der Waals surface area contributed by atoms with E-state index in [9.17, 15) is 4.79 Å². The summed E-state index contributed by atoms with van der Waals surface area (Å²) in [6.45, 7) is 4.84. The Morgan fingerprint density at radius 1 is 1.03 bits per heavy atom. The fourth-order valence-electron chi connectivity index (χ4n) is 4.21. The molecule has 0 bridgehead atoms. The fraction of sp³-hybridized carbons (Fsp3) is 0.458. The Labute approximate surface area is 178 Å². The SMILES string of the molecule is CSc1cccc(CN2CCC(Oc3cccc(C(=O)N4CCCC4)c3)CC2)c1. The fourth-order valence-corrected chi connectivity index (χ4v) is 4.70. The van der Waals surface area contributed by atoms with Crippen LogP contribution in [0.5, 0.6) is 5.75 Å². The van der Waals surface area contributed by atoms with E-state index < -0.39 is 0 Å². The van der Waals surface area contributed by atoms with Crippen LogP contribution in [0.3, 0.4) is 0 Å². The van der Waals surface area contributed by atoms with Crippen LogP contribution < -0.4 is 4.74 Å². The van der Waals surface area contributed by atoms with Crippen LogP contribution in [0.1, 0.15) is 41.6 Å². The number of hydrogen-bond acceptors (Lipinski definition) is 4. The molecule has 2 saturated heterocycles. The number of carbonyl (C=O) groups is 1. The van der Waals surface area contributed by atoms with E-state index in [-0.39, 0.29) is 12.0 Å². The van der Waals surface area contributed by atoms with Crippen LogP contribution in [0.4, 0.5) is 0 Å². The molecule has 0 aliphatic carbocycles. The highest BCUT2D eigenvalue weighted by molar-refractivity contribution is 7.98. The van der Waals surface area contributed by atoms with Gasteiger partial charge in [0.25, 0.3) is 5.91 Å². The van der Waals surface area contributed by atoms with Crippen molar-refractivity contribution < 1.29 is 9.53 Å². The Morgan fingerprint density at radius 3 is 2.55 bits per heavy atom. The van der Waals surface area contributed by atoms with Gasteiger partial charge in [-0.1, -0.05) is 18.2 Å². The van der Waals surface area contributed by atoms with E-state index in [1.807, 2.05) is 29.2 Å². The van der Waals surface area contributed by atoms with Crippen LogP contribution in [0.15, 0.2) is 53.4 Å². The van der Waals surface area contributed by atoms with Gasteiger partial charge in [-0.3, -0.25) is 9.69 Å². The van der Waals surface area contributed by atoms with Crippen LogP contribution in [0.25, 0.3) is 0 Å². The Hall–Kier alpha value is -1.98. The minimum Gasteiger partial charge on any atom is -0.490 e. The van der Waals surface area contributed by atoms with Gasteiger partial charge in [-0.05, 0) is 67.8 Å². The Bertz CT molecular complexity index is 827. The summed E-state index contributed by atoms with van der Waals surface area (Å²) in [5, 5.41) is 0. The highest BCUT2D eigenvalue weighted by Gasteiger charge is 2.22. The lowest BCUT2D eigenvalue weighted by Crippen LogP contribution is -2.37. The van der Waals surface area contributed by atoms with Crippen molar-refractivity contribution in [2.75, 3.05) is 32.4 Å². The molecule has 2 aromatic carbocycles. The van der Waals surface area contributed by atoms with Crippen LogP contribution in [-0.4, -0.2) is 54.2 Å². The van der Waals surface area contributed by atoms with Gasteiger partial charge in [-0.25, -0.2) is 0 Å². The lowest BCUT2D eigenvalue weighted by atomic mass is 10.1. The van der Waals surface area contributed by atoms with Crippen molar-refractivity contribution in [3.05, 3.63) is 59.7 Å². The quantitative estimate of drug-likeness (QED) is 0.647. The molecule has 5 heteroatoms. The lowest BCUT2D eigenvalue weighted by Gasteiger charge is -2.32. The third kappa shape index (κ3) is 5.34. The molecule has 2 aliphatic heterocycles. The second-order valence-corrected chi connectivity index (χ2v) is 8.85. The molecule has 4 rings (SSSR count). The van der Waals surface area contributed by atoms with E-state index in [0.29, 0.717) is 0 Å². The molecule has 0 radical (unpaired) electrons. The van der Waals surface area contributed by atoms with E-state index in [4.69, 9.17) is 4.74 Å². The Morgan fingerprint density at radius 2 is 1.79 bits per heavy atom. The average Bonchev–Trinajstić information content (AvgIpc) is 3.30. The van der Waals surface area contributed by atoms with Crippen molar-refractivity contribution in [3.8, 4) is 5.75 Å². The molecule has 4 nitrogen and oxygen atoms in total. The van der Waals surface area contributed by atoms with Crippen LogP contribution in [0.2, 0.25) is 0 Å². The number of hydrogen-bond donors (Lipinski definition) is 0. The summed E-state index contributed by atoms with van der Waals surface area (Å²) in [5.41, 5.74) is 2.12. The first-order valence-electron chi connectivity index (χ1n) is 10.6. The lowest BCUT2D eigenvalue weighted by molar-refractivity contribution is 0.0789. The number of benzene rings is 2. The molecule has 1 amide bonds. The number of piperidine rings is 1. The first-order valence-corrected chi connectivity index (χ1v) is 11.8. The zero-order chi connectivity index (χ0) is 20.1. The van der Waals surface area contributed by atoms with Crippen LogP contribution in [-0.2, 0) is 6.54 Å². The van der Waals surface area contributed by atoms with Gasteiger partial charge < -0.3 is 9.64 Å². The number of amides is 1. The highest BCUT2D eigenvalue weighted by atomic mass is 32.2. The second kappa shape index (κ2) is 9.68. The van der Waals surface area contributed by atoms with Gasteiger partial charge in [-0.2, -0.15) is 0 Å². The standard InChI is InChI=1S/C24H30N2O2S/c1-29-23-9-4-6-19(16-23)18-25-14-10-21(11-15-25)28-22-8-5-7-20(17-22)24(27)26-12-2-3-13-26/h4-9,16-17,21H,2-3,10-15,18H2,1H3. The van der Waals surface area contributed by atoms with Gasteiger partial charge in [0.15, 0.2) is 0 Å². The molecule has 0 N–H and O–H groups in total. The molecule has 2 heterocycles. The summed E-state index contributed by atoms with van der Waals surface area (Å²) in [5.74, 6) is 0.955. The zero-order valence-electron chi connectivity index (χ0n) is 17.2. The van der Waals surface area contributed by atoms with E-state index >= 15 is 0 Å². The number of rotatable bonds is 6. The molecule has 0 atom stereocenters. The molecular formula is C24H30N2O2S. The number of carbonyl (C=O) groups excluding carboxylic acids is 1. The van der Waals surface area contributed by atoms with Gasteiger partial charge >= 0.3 is 0 Å². The van der Waals surface area contributed by atoms with Crippen molar-refractivity contribution in [2.45, 2.75) is 43.2 Å². The maximum Gasteiger partial charge on any atom is 0.253 e. The van der Waals surface area contributed by atoms with Crippen molar-refractivity contribution in [1.29, 1.82) is 0 Å². The molecule has 0 spiro atoms. The van der Waals surface area contributed by atoms with Gasteiger partial charge in [0.2, 0.25) is 0 Å². The second-order valence-electron chi connectivity index (χ2n) is 7.97. The van der Waals surface area contributed by atoms with E-state index in [0.717, 1.165) is 69.7 Å². The number of ether oxygens (including phenoxy) is 1. The van der Waals surface area contributed by atoms with Crippen LogP contribution >= 0.6 is 11.8 Å². The predicted molar refractivity (Wildman–Crippen MR) is 119 cm³/mol. The zero-order valence-corrected chi connectivity index (χ0v) is 18.0. The highest BCUT2D eigenvalue weighted by Crippen LogP contribution is 2.23. The number of nitrogens with zero attached hydrogens (tertiary/aromatic N) is 2. The van der Waals surface area contributed by atoms with Crippen molar-refractivity contribution in [3.63, 3.8) is 0 Å². The third-order valence-electron chi connectivity index (χ3n) is 5.85. The van der Waals surface area contributed by atoms with Gasteiger partial charge in [0.1, 0.15) is 11.9 Å². The number of thioether (sulfide) groups is 1. The molecule has 0 aromatic heterocycles. The summed E-state index contributed by atoms with van der Waals surface area (Å²) in [4.78, 5) is 18.4. The molecule has 0 saturated carbocycles. The largest absolute Gasteiger partial charge is 0.490 e. The third-order valence-corrected chi connectivity index (χ3v) is 6.58. The molecule has 0 unspecified atom stereocenters. The first kappa shape index (κ1) is 20.3. The normalized spacial score (nSPS) is 18.2. The van der Waals surface area contributed by atoms with Gasteiger partial charge in [0, 0.05) is 43.2 Å². The average molecular weight is 411 g/mol. The summed E-state index contributed by atoms with van der Waals surface area (Å²) < 4.78 is 6.24. The smallest absolute Gasteiger partial charge is 0.253 e. The van der Waals surface area contributed by atoms with Crippen molar-refractivity contribution >= 4 is 17.7 Å². The molecule has 2 aliphatic rings. The molecule has 2 aromatic rings. The minimum atomic E-state index is 0.134. The maximum atomic E-state index is 12.6. The van der Waals surface area contributed by atoms with Crippen LogP contribution in [0, 0.1) is 0 Å². The van der Waals surface area contributed by atoms with E-state index in [2.05, 4.69) is 35.4 Å². The van der Waals surface area contributed by atoms with Gasteiger partial charge in [0.05, 0.1) is 0 Å². The summed E-state index contributed by atoms with van der Waals surface area (Å²) >= 11 is 1.79. The summed E-state index contributed by atoms with van der Waals surface area (Å²) in [7, 11) is 0. The number of likely N-dealkylation sites (tertiary alicyclic amines) is 2. The first-order chi connectivity index (χ1) is 14.2. The maximum absolute atomic E-state index is 12.6. The predicted octanol–water partition coefficient (Wildman–Crippen LogP) is 4.69. The monoisotopic (exact) mass is 410 g/mol.